The fraction of sp³-hybridized carbons (Fsp3) is 0.438. The summed E-state index contributed by atoms with van der Waals surface area (Å²) < 4.78 is 20.2. The molecule has 8 aromatic rings. The Morgan fingerprint density at radius 3 is 1.72 bits per heavy atom. The molecule has 4 aromatic carbocycles. The van der Waals surface area contributed by atoms with Gasteiger partial charge in [-0.3, -0.25) is 13.6 Å². The summed E-state index contributed by atoms with van der Waals surface area (Å²) in [4.78, 5) is 34.3. The Kier molecular flexibility index (Phi) is 24.9. The number of aromatic amines is 4. The van der Waals surface area contributed by atoms with E-state index < -0.39 is 5.97 Å². The highest BCUT2D eigenvalue weighted by Gasteiger charge is 2.22. The van der Waals surface area contributed by atoms with E-state index in [4.69, 9.17) is 5.11 Å². The lowest BCUT2D eigenvalue weighted by Gasteiger charge is -2.21. The number of carbonyl (C=O) groups excluding carboxylic acids is 1. The first kappa shape index (κ1) is 59.1. The summed E-state index contributed by atoms with van der Waals surface area (Å²) in [5.41, 5.74) is 15.0. The van der Waals surface area contributed by atoms with Crippen LogP contribution in [0.4, 0.5) is 8.78 Å². The van der Waals surface area contributed by atoms with Gasteiger partial charge in [-0.25, -0.2) is 4.79 Å². The number of rotatable bonds is 4. The number of fused-ring (bicyclic) bond motifs is 4. The third kappa shape index (κ3) is 16.6. The zero-order valence-corrected chi connectivity index (χ0v) is 46.9. The first-order valence-corrected chi connectivity index (χ1v) is 28.1. The molecule has 410 valence electrons. The summed E-state index contributed by atoms with van der Waals surface area (Å²) >= 11 is 3.71. The molecule has 0 bridgehead atoms. The molecule has 7 nitrogen and oxygen atoms in total. The zero-order chi connectivity index (χ0) is 53.4. The Morgan fingerprint density at radius 1 is 0.595 bits per heavy atom. The van der Waals surface area contributed by atoms with Gasteiger partial charge in [0.2, 0.25) is 0 Å². The van der Waals surface area contributed by atoms with Gasteiger partial charge in [0.25, 0.3) is 0 Å². The molecule has 5 N–H and O–H groups in total. The van der Waals surface area contributed by atoms with Gasteiger partial charge >= 0.3 is 5.97 Å². The second-order valence-electron chi connectivity index (χ2n) is 19.8. The number of halogens is 3. The summed E-state index contributed by atoms with van der Waals surface area (Å²) in [7, 11) is 1.00. The van der Waals surface area contributed by atoms with Crippen LogP contribution in [0.25, 0.3) is 49.2 Å². The highest BCUT2D eigenvalue weighted by atomic mass is 79.9. The van der Waals surface area contributed by atoms with Crippen LogP contribution in [-0.4, -0.2) is 51.2 Å². The van der Waals surface area contributed by atoms with Gasteiger partial charge in [-0.05, 0) is 188 Å². The number of aromatic carboxylic acids is 1. The summed E-state index contributed by atoms with van der Waals surface area (Å²) in [6, 6.07) is 27.1. The fourth-order valence-electron chi connectivity index (χ4n) is 10.8. The molecule has 10 heteroatoms. The van der Waals surface area contributed by atoms with Gasteiger partial charge in [0.05, 0.1) is 24.5 Å². The van der Waals surface area contributed by atoms with Gasteiger partial charge in [0.15, 0.2) is 0 Å². The van der Waals surface area contributed by atoms with Crippen LogP contribution in [0.1, 0.15) is 200 Å². The van der Waals surface area contributed by atoms with E-state index in [0.717, 1.165) is 48.4 Å². The highest BCUT2D eigenvalue weighted by Crippen LogP contribution is 2.41. The standard InChI is InChI=1S/C15H18BrN.C15H19N.C15H17N.C9H7NO2.C6H10O.C2H6.2CH3F.6H2/c1-10-7-8-12-13(9-10)17-15(16)14(12)11-5-3-2-4-6-11;2*1-11-7-8-13-14(10-16-15(13)9-11)12-5-3-2-4-6-12;11-9(12)7-2-1-6-3-4-10-8(6)5-7;7-6-4-2-1-3-5-6;3*1-2;;;;;;/h7-9,11,17H,2-6H2,1H3;7-10,12,16H,2-6H2,1H3;5,7-10,16H,2-4,6H2,1H3;1-5,10H,(H,11,12);1-5H2;1-2H3;2*1H3;6*1H/i;;;;;;;;2*1+2;;;;. The average Bonchev–Trinajstić information content (AvgIpc) is 4.27. The molecule has 4 aliphatic carbocycles. The van der Waals surface area contributed by atoms with E-state index in [-0.39, 0.29) is 8.56 Å². The van der Waals surface area contributed by atoms with E-state index >= 15 is 0 Å². The Bertz CT molecular complexity index is 3000. The van der Waals surface area contributed by atoms with Gasteiger partial charge < -0.3 is 25.0 Å². The number of ketones is 1. The molecule has 0 amide bonds. The van der Waals surface area contributed by atoms with Crippen LogP contribution < -0.4 is 0 Å². The molecule has 0 unspecified atom stereocenters. The van der Waals surface area contributed by atoms with Crippen molar-refractivity contribution in [2.45, 2.75) is 168 Å². The van der Waals surface area contributed by atoms with Crippen molar-refractivity contribution in [1.82, 2.24) is 19.9 Å². The second kappa shape index (κ2) is 31.2. The lowest BCUT2D eigenvalue weighted by atomic mass is 9.84. The maximum atomic E-state index is 10.6. The number of carbonyl (C=O) groups is 2. The van der Waals surface area contributed by atoms with Crippen LogP contribution in [0.5, 0.6) is 0 Å². The topological polar surface area (TPSA) is 118 Å². The summed E-state index contributed by atoms with van der Waals surface area (Å²) in [6.45, 7) is 10.4. The van der Waals surface area contributed by atoms with Crippen LogP contribution in [-0.2, 0) is 4.79 Å². The smallest absolute Gasteiger partial charge is 0.335 e. The maximum Gasteiger partial charge on any atom is 0.335 e. The number of allylic oxidation sites excluding steroid dienone is 2. The molecule has 4 aromatic heterocycles. The van der Waals surface area contributed by atoms with Crippen LogP contribution >= 0.6 is 15.9 Å². The number of hydrogen-bond acceptors (Lipinski definition) is 2. The number of aromatic nitrogens is 4. The van der Waals surface area contributed by atoms with E-state index in [2.05, 4.69) is 130 Å². The molecule has 0 spiro atoms. The third-order valence-electron chi connectivity index (χ3n) is 14.6. The summed E-state index contributed by atoms with van der Waals surface area (Å²) in [5, 5.41) is 13.9. The summed E-state index contributed by atoms with van der Waals surface area (Å²) in [6.07, 6.45) is 32.9. The van der Waals surface area contributed by atoms with Crippen molar-refractivity contribution in [3.8, 4) is 0 Å². The monoisotopic (exact) mass is 1090 g/mol. The van der Waals surface area contributed by atoms with E-state index in [1.54, 1.807) is 30.0 Å². The minimum atomic E-state index is -0.897. The minimum Gasteiger partial charge on any atom is -0.478 e. The second-order valence-corrected chi connectivity index (χ2v) is 20.6. The van der Waals surface area contributed by atoms with Crippen molar-refractivity contribution in [2.75, 3.05) is 14.4 Å². The fourth-order valence-corrected chi connectivity index (χ4v) is 11.6. The van der Waals surface area contributed by atoms with Crippen LogP contribution in [0.15, 0.2) is 108 Å². The van der Waals surface area contributed by atoms with Crippen molar-refractivity contribution in [1.29, 1.82) is 0 Å². The molecule has 0 radical (unpaired) electrons. The van der Waals surface area contributed by atoms with Crippen LogP contribution in [0.3, 0.4) is 0 Å². The van der Waals surface area contributed by atoms with Crippen molar-refractivity contribution < 1.29 is 32.0 Å². The molecule has 0 aliphatic heterocycles. The molecular formula is C64H95BrF2N4O3. The third-order valence-corrected chi connectivity index (χ3v) is 15.2. The Morgan fingerprint density at radius 2 is 1.14 bits per heavy atom. The van der Waals surface area contributed by atoms with E-state index in [9.17, 15) is 18.4 Å². The first-order valence-electron chi connectivity index (χ1n) is 27.3. The molecule has 74 heavy (non-hydrogen) atoms. The van der Waals surface area contributed by atoms with E-state index in [1.807, 2.05) is 19.9 Å². The molecule has 3 fully saturated rings. The molecule has 0 saturated heterocycles. The Labute approximate surface area is 456 Å². The van der Waals surface area contributed by atoms with Gasteiger partial charge in [-0.2, -0.15) is 0 Å². The van der Waals surface area contributed by atoms with Gasteiger partial charge in [0.1, 0.15) is 5.78 Å². The molecule has 0 atom stereocenters. The van der Waals surface area contributed by atoms with Crippen molar-refractivity contribution in [3.05, 3.63) is 147 Å². The minimum absolute atomic E-state index is 0. The van der Waals surface area contributed by atoms with Crippen LogP contribution in [0.2, 0.25) is 0 Å². The van der Waals surface area contributed by atoms with Gasteiger partial charge in [-0.1, -0.05) is 107 Å². The quantitative estimate of drug-likeness (QED) is 0.121. The number of H-pyrrole nitrogens is 4. The van der Waals surface area contributed by atoms with Gasteiger partial charge in [0, 0.05) is 83.8 Å². The predicted molar refractivity (Wildman–Crippen MR) is 326 cm³/mol. The van der Waals surface area contributed by atoms with Crippen molar-refractivity contribution in [2.24, 2.45) is 0 Å². The highest BCUT2D eigenvalue weighted by molar-refractivity contribution is 9.10. The normalized spacial score (nSPS) is 15.6. The number of benzene rings is 4. The van der Waals surface area contributed by atoms with Crippen LogP contribution in [0, 0.1) is 20.8 Å². The molecule has 4 aliphatic rings. The first-order chi connectivity index (χ1) is 36.1. The number of Topliss-reactive ketones (excluding diaryl/α,β-unsaturated/α-hetero) is 1. The average molecular weight is 1090 g/mol. The Hall–Kier alpha value is -5.74. The van der Waals surface area contributed by atoms with E-state index in [0.29, 0.717) is 25.7 Å². The molecular weight excluding hydrogens is 991 g/mol. The molecule has 12 rings (SSSR count). The van der Waals surface area contributed by atoms with Crippen molar-refractivity contribution in [3.63, 3.8) is 0 Å². The predicted octanol–water partition coefficient (Wildman–Crippen LogP) is 21.3. The maximum absolute atomic E-state index is 10.6. The largest absolute Gasteiger partial charge is 0.478 e. The number of aryl methyl sites for hydroxylation is 3. The number of nitrogens with one attached hydrogen (secondary N) is 4. The Balaban J connectivity index is 0. The summed E-state index contributed by atoms with van der Waals surface area (Å²) in [5.74, 6) is 1.11. The van der Waals surface area contributed by atoms with Gasteiger partial charge in [-0.15, -0.1) is 0 Å². The molecule has 4 heterocycles. The number of alkyl halides is 2. The zero-order valence-electron chi connectivity index (χ0n) is 45.3. The number of hydrogen-bond donors (Lipinski definition) is 5. The number of carboxylic acids is 1. The van der Waals surface area contributed by atoms with E-state index in [1.165, 1.54) is 167 Å². The lowest BCUT2D eigenvalue weighted by Crippen LogP contribution is -2.04. The SMILES string of the molecule is CC.CF.CF.Cc1ccc2c(C3=CCCCC3)c[nH]c2c1.Cc1ccc2c(C3CCCCC3)c(Br)[nH]c2c1.Cc1ccc2c(C3CCCCC3)c[nH]c2c1.O=C(O)c1ccc2cc[nH]c2c1.O=C1CCCCC1.[3HH].[3HH].[HH].[HH].[HH].[HH]. The van der Waals surface area contributed by atoms with Crippen molar-refractivity contribution >= 4 is 76.9 Å². The number of carboxylic acid groups (broad SMARTS) is 1. The lowest BCUT2D eigenvalue weighted by molar-refractivity contribution is -0.120. The molecule has 3 saturated carbocycles.